The fourth-order valence-electron chi connectivity index (χ4n) is 2.56. The first-order valence-corrected chi connectivity index (χ1v) is 9.40. The van der Waals surface area contributed by atoms with Gasteiger partial charge in [-0.3, -0.25) is 14.2 Å². The number of aromatic nitrogens is 2. The molecule has 0 unspecified atom stereocenters. The van der Waals surface area contributed by atoms with Gasteiger partial charge in [0.2, 0.25) is 5.91 Å². The molecule has 2 aromatic carbocycles. The molecule has 0 aliphatic heterocycles. The van der Waals surface area contributed by atoms with E-state index in [2.05, 4.69) is 10.3 Å². The van der Waals surface area contributed by atoms with Crippen LogP contribution in [0.25, 0.3) is 10.9 Å². The molecule has 0 spiro atoms. The van der Waals surface area contributed by atoms with Gasteiger partial charge in [0.15, 0.2) is 0 Å². The summed E-state index contributed by atoms with van der Waals surface area (Å²) in [5.74, 6) is 0.0813. The van der Waals surface area contributed by atoms with E-state index >= 15 is 0 Å². The summed E-state index contributed by atoms with van der Waals surface area (Å²) in [5, 5.41) is 3.07. The van der Waals surface area contributed by atoms with Gasteiger partial charge in [-0.05, 0) is 48.6 Å². The number of fused-ring (bicyclic) bond motifs is 1. The zero-order valence-electron chi connectivity index (χ0n) is 14.4. The number of para-hydroxylation sites is 1. The van der Waals surface area contributed by atoms with Crippen molar-refractivity contribution in [2.75, 3.05) is 12.3 Å². The van der Waals surface area contributed by atoms with Crippen LogP contribution in [0.3, 0.4) is 0 Å². The van der Waals surface area contributed by atoms with Crippen molar-refractivity contribution in [3.8, 4) is 0 Å². The molecule has 0 aliphatic rings. The Morgan fingerprint density at radius 1 is 1.11 bits per heavy atom. The standard InChI is InChI=1S/C19H18FN3O3S/c20-13-6-8-14(9-7-13)27-11-3-10-21-17(24)12-23-18(25)15-4-1-2-5-16(15)22-19(23)26/h1-2,4-9H,3,10-12H2,(H,21,24)(H,22,26). The molecule has 0 aliphatic carbocycles. The molecule has 1 heterocycles. The van der Waals surface area contributed by atoms with Crippen LogP contribution in [0.15, 0.2) is 63.0 Å². The largest absolute Gasteiger partial charge is 0.355 e. The average molecular weight is 387 g/mol. The van der Waals surface area contributed by atoms with Crippen LogP contribution in [-0.4, -0.2) is 27.8 Å². The Kier molecular flexibility index (Phi) is 6.08. The van der Waals surface area contributed by atoms with Crippen molar-refractivity contribution < 1.29 is 9.18 Å². The monoisotopic (exact) mass is 387 g/mol. The number of carbonyl (C=O) groups excluding carboxylic acids is 1. The van der Waals surface area contributed by atoms with Crippen molar-refractivity contribution in [1.82, 2.24) is 14.9 Å². The normalized spacial score (nSPS) is 10.9. The van der Waals surface area contributed by atoms with E-state index in [1.165, 1.54) is 12.1 Å². The Balaban J connectivity index is 1.51. The minimum atomic E-state index is -0.610. The first-order chi connectivity index (χ1) is 13.0. The Morgan fingerprint density at radius 2 is 1.85 bits per heavy atom. The number of H-pyrrole nitrogens is 1. The number of amides is 1. The van der Waals surface area contributed by atoms with Gasteiger partial charge in [0.1, 0.15) is 12.4 Å². The Labute approximate surface area is 158 Å². The average Bonchev–Trinajstić information content (AvgIpc) is 2.66. The van der Waals surface area contributed by atoms with Crippen LogP contribution in [0, 0.1) is 5.82 Å². The molecule has 0 saturated heterocycles. The quantitative estimate of drug-likeness (QED) is 0.481. The van der Waals surface area contributed by atoms with E-state index in [1.807, 2.05) is 0 Å². The lowest BCUT2D eigenvalue weighted by Crippen LogP contribution is -2.40. The summed E-state index contributed by atoms with van der Waals surface area (Å²) in [4.78, 5) is 40.0. The highest BCUT2D eigenvalue weighted by atomic mass is 32.2. The number of thioether (sulfide) groups is 1. The smallest absolute Gasteiger partial charge is 0.329 e. The molecule has 140 valence electrons. The Morgan fingerprint density at radius 3 is 2.63 bits per heavy atom. The lowest BCUT2D eigenvalue weighted by Gasteiger charge is -2.08. The fraction of sp³-hybridized carbons (Fsp3) is 0.211. The number of rotatable bonds is 7. The molecular formula is C19H18FN3O3S. The summed E-state index contributed by atoms with van der Waals surface area (Å²) in [6, 6.07) is 12.9. The van der Waals surface area contributed by atoms with E-state index in [-0.39, 0.29) is 12.4 Å². The third-order valence-corrected chi connectivity index (χ3v) is 5.02. The van der Waals surface area contributed by atoms with Gasteiger partial charge in [-0.2, -0.15) is 0 Å². The molecule has 0 radical (unpaired) electrons. The predicted octanol–water partition coefficient (Wildman–Crippen LogP) is 2.13. The highest BCUT2D eigenvalue weighted by Crippen LogP contribution is 2.18. The number of halogens is 1. The second-order valence-electron chi connectivity index (χ2n) is 5.87. The van der Waals surface area contributed by atoms with Crippen LogP contribution in [0.2, 0.25) is 0 Å². The van der Waals surface area contributed by atoms with Crippen molar-refractivity contribution in [2.24, 2.45) is 0 Å². The molecule has 2 N–H and O–H groups in total. The van der Waals surface area contributed by atoms with Crippen LogP contribution >= 0.6 is 11.8 Å². The molecule has 27 heavy (non-hydrogen) atoms. The SMILES string of the molecule is O=C(Cn1c(=O)[nH]c2ccccc2c1=O)NCCCSc1ccc(F)cc1. The van der Waals surface area contributed by atoms with Crippen molar-refractivity contribution in [3.05, 3.63) is 75.2 Å². The van der Waals surface area contributed by atoms with E-state index in [0.29, 0.717) is 23.9 Å². The number of nitrogens with one attached hydrogen (secondary N) is 2. The molecule has 1 amide bonds. The van der Waals surface area contributed by atoms with Gasteiger partial charge >= 0.3 is 5.69 Å². The molecule has 0 bridgehead atoms. The number of hydrogen-bond acceptors (Lipinski definition) is 4. The van der Waals surface area contributed by atoms with Crippen LogP contribution in [0.5, 0.6) is 0 Å². The maximum Gasteiger partial charge on any atom is 0.329 e. The molecule has 0 fully saturated rings. The maximum atomic E-state index is 12.8. The summed E-state index contributed by atoms with van der Waals surface area (Å²) in [6.45, 7) is 0.0946. The van der Waals surface area contributed by atoms with Crippen LogP contribution in [-0.2, 0) is 11.3 Å². The number of benzene rings is 2. The van der Waals surface area contributed by atoms with Gasteiger partial charge < -0.3 is 10.3 Å². The Hall–Kier alpha value is -2.87. The van der Waals surface area contributed by atoms with Gasteiger partial charge in [0.05, 0.1) is 10.9 Å². The van der Waals surface area contributed by atoms with Crippen molar-refractivity contribution in [2.45, 2.75) is 17.9 Å². The zero-order valence-corrected chi connectivity index (χ0v) is 15.2. The highest BCUT2D eigenvalue weighted by molar-refractivity contribution is 7.99. The summed E-state index contributed by atoms with van der Waals surface area (Å²) >= 11 is 1.56. The van der Waals surface area contributed by atoms with Gasteiger partial charge in [0.25, 0.3) is 5.56 Å². The lowest BCUT2D eigenvalue weighted by atomic mass is 10.2. The first kappa shape index (κ1) is 18.9. The maximum absolute atomic E-state index is 12.8. The molecule has 3 aromatic rings. The van der Waals surface area contributed by atoms with E-state index in [4.69, 9.17) is 0 Å². The summed E-state index contributed by atoms with van der Waals surface area (Å²) in [7, 11) is 0. The number of nitrogens with zero attached hydrogens (tertiary/aromatic N) is 1. The predicted molar refractivity (Wildman–Crippen MR) is 104 cm³/mol. The van der Waals surface area contributed by atoms with E-state index in [1.54, 1.807) is 48.2 Å². The highest BCUT2D eigenvalue weighted by Gasteiger charge is 2.10. The van der Waals surface area contributed by atoms with Gasteiger partial charge in [-0.1, -0.05) is 12.1 Å². The third kappa shape index (κ3) is 4.85. The lowest BCUT2D eigenvalue weighted by molar-refractivity contribution is -0.121. The second kappa shape index (κ2) is 8.68. The van der Waals surface area contributed by atoms with Crippen LogP contribution in [0.1, 0.15) is 6.42 Å². The summed E-state index contributed by atoms with van der Waals surface area (Å²) < 4.78 is 13.7. The summed E-state index contributed by atoms with van der Waals surface area (Å²) in [6.07, 6.45) is 0.705. The van der Waals surface area contributed by atoms with Gasteiger partial charge in [-0.15, -0.1) is 11.8 Å². The van der Waals surface area contributed by atoms with E-state index in [9.17, 15) is 18.8 Å². The first-order valence-electron chi connectivity index (χ1n) is 8.41. The minimum absolute atomic E-state index is 0.273. The van der Waals surface area contributed by atoms with Gasteiger partial charge in [-0.25, -0.2) is 9.18 Å². The number of hydrogen-bond donors (Lipinski definition) is 2. The van der Waals surface area contributed by atoms with Crippen molar-refractivity contribution in [3.63, 3.8) is 0 Å². The fourth-order valence-corrected chi connectivity index (χ4v) is 3.42. The molecule has 1 aromatic heterocycles. The molecular weight excluding hydrogens is 369 g/mol. The molecule has 8 heteroatoms. The summed E-state index contributed by atoms with van der Waals surface area (Å²) in [5.41, 5.74) is -0.654. The van der Waals surface area contributed by atoms with Crippen molar-refractivity contribution >= 4 is 28.6 Å². The van der Waals surface area contributed by atoms with E-state index < -0.39 is 17.2 Å². The molecule has 3 rings (SSSR count). The number of aromatic amines is 1. The number of carbonyl (C=O) groups is 1. The second-order valence-corrected chi connectivity index (χ2v) is 7.04. The van der Waals surface area contributed by atoms with Crippen LogP contribution < -0.4 is 16.6 Å². The Bertz CT molecular complexity index is 1060. The molecule has 0 atom stereocenters. The van der Waals surface area contributed by atoms with Crippen molar-refractivity contribution in [1.29, 1.82) is 0 Å². The molecule has 6 nitrogen and oxygen atoms in total. The van der Waals surface area contributed by atoms with Gasteiger partial charge in [0, 0.05) is 11.4 Å². The topological polar surface area (TPSA) is 84.0 Å². The molecule has 0 saturated carbocycles. The zero-order chi connectivity index (χ0) is 19.2. The van der Waals surface area contributed by atoms with E-state index in [0.717, 1.165) is 15.2 Å². The minimum Gasteiger partial charge on any atom is -0.355 e. The third-order valence-electron chi connectivity index (χ3n) is 3.92. The van der Waals surface area contributed by atoms with Crippen LogP contribution in [0.4, 0.5) is 4.39 Å².